The first-order valence-electron chi connectivity index (χ1n) is 8.98. The molecule has 1 N–H and O–H groups in total. The summed E-state index contributed by atoms with van der Waals surface area (Å²) in [6, 6.07) is 12.0. The van der Waals surface area contributed by atoms with Crippen LogP contribution >= 0.6 is 22.7 Å². The van der Waals surface area contributed by atoms with Gasteiger partial charge < -0.3 is 15.0 Å². The third-order valence-corrected chi connectivity index (χ3v) is 6.98. The van der Waals surface area contributed by atoms with Gasteiger partial charge in [-0.05, 0) is 30.7 Å². The van der Waals surface area contributed by atoms with Crippen molar-refractivity contribution in [3.8, 4) is 5.75 Å². The molecule has 5 rings (SSSR count). The molecule has 1 amide bonds. The lowest BCUT2D eigenvalue weighted by Gasteiger charge is -2.37. The fourth-order valence-electron chi connectivity index (χ4n) is 3.36. The summed E-state index contributed by atoms with van der Waals surface area (Å²) in [5.41, 5.74) is 2.96. The molecule has 28 heavy (non-hydrogen) atoms. The topological polar surface area (TPSA) is 67.3 Å². The van der Waals surface area contributed by atoms with E-state index >= 15 is 0 Å². The van der Waals surface area contributed by atoms with E-state index in [1.54, 1.807) is 18.4 Å². The van der Waals surface area contributed by atoms with Crippen molar-refractivity contribution >= 4 is 59.3 Å². The number of benzene rings is 2. The summed E-state index contributed by atoms with van der Waals surface area (Å²) in [6.07, 6.45) is 0. The minimum atomic E-state index is -0.0537. The SMILES string of the molecule is COc1cccc2sc(N3CC(C(=O)Nc4nc5c(C)cccc5s4)C3)nc12. The third kappa shape index (κ3) is 2.89. The van der Waals surface area contributed by atoms with E-state index in [0.29, 0.717) is 18.2 Å². The number of methoxy groups -OCH3 is 1. The van der Waals surface area contributed by atoms with Gasteiger partial charge in [0.1, 0.15) is 11.3 Å². The first-order chi connectivity index (χ1) is 13.6. The second kappa shape index (κ2) is 6.72. The van der Waals surface area contributed by atoms with Crippen LogP contribution in [0, 0.1) is 12.8 Å². The monoisotopic (exact) mass is 410 g/mol. The zero-order valence-electron chi connectivity index (χ0n) is 15.4. The lowest BCUT2D eigenvalue weighted by molar-refractivity contribution is -0.120. The van der Waals surface area contributed by atoms with Crippen molar-refractivity contribution in [1.29, 1.82) is 0 Å². The lowest BCUT2D eigenvalue weighted by atomic mass is 10.0. The fourth-order valence-corrected chi connectivity index (χ4v) is 5.31. The maximum absolute atomic E-state index is 12.6. The molecule has 1 fully saturated rings. The molecule has 1 aliphatic rings. The van der Waals surface area contributed by atoms with Crippen LogP contribution in [-0.4, -0.2) is 36.1 Å². The van der Waals surface area contributed by atoms with Crippen molar-refractivity contribution < 1.29 is 9.53 Å². The molecule has 0 spiro atoms. The quantitative estimate of drug-likeness (QED) is 0.543. The lowest BCUT2D eigenvalue weighted by Crippen LogP contribution is -2.52. The van der Waals surface area contributed by atoms with Gasteiger partial charge in [-0.1, -0.05) is 40.9 Å². The fraction of sp³-hybridized carbons (Fsp3) is 0.250. The van der Waals surface area contributed by atoms with Crippen LogP contribution in [0.15, 0.2) is 36.4 Å². The predicted molar refractivity (Wildman–Crippen MR) is 115 cm³/mol. The molecule has 2 aromatic carbocycles. The number of fused-ring (bicyclic) bond motifs is 2. The van der Waals surface area contributed by atoms with Gasteiger partial charge in [0.25, 0.3) is 0 Å². The Morgan fingerprint density at radius 3 is 2.61 bits per heavy atom. The van der Waals surface area contributed by atoms with E-state index < -0.39 is 0 Å². The highest BCUT2D eigenvalue weighted by molar-refractivity contribution is 7.22. The van der Waals surface area contributed by atoms with E-state index in [0.717, 1.165) is 36.9 Å². The van der Waals surface area contributed by atoms with Crippen molar-refractivity contribution in [3.05, 3.63) is 42.0 Å². The highest BCUT2D eigenvalue weighted by Crippen LogP contribution is 2.37. The molecule has 2 aromatic heterocycles. The Balaban J connectivity index is 1.27. The molecule has 0 radical (unpaired) electrons. The molecule has 1 saturated heterocycles. The van der Waals surface area contributed by atoms with Crippen LogP contribution in [0.4, 0.5) is 10.3 Å². The Hall–Kier alpha value is -2.71. The number of aryl methyl sites for hydroxylation is 1. The number of aromatic nitrogens is 2. The molecule has 0 atom stereocenters. The molecule has 6 nitrogen and oxygen atoms in total. The van der Waals surface area contributed by atoms with Crippen molar-refractivity contribution in [1.82, 2.24) is 9.97 Å². The van der Waals surface area contributed by atoms with E-state index in [1.165, 1.54) is 11.3 Å². The zero-order chi connectivity index (χ0) is 19.3. The Bertz CT molecular complexity index is 1190. The van der Waals surface area contributed by atoms with Crippen LogP contribution in [0.25, 0.3) is 20.4 Å². The van der Waals surface area contributed by atoms with Crippen LogP contribution in [-0.2, 0) is 4.79 Å². The third-order valence-electron chi connectivity index (χ3n) is 4.96. The minimum Gasteiger partial charge on any atom is -0.494 e. The molecule has 0 unspecified atom stereocenters. The summed E-state index contributed by atoms with van der Waals surface area (Å²) in [5, 5.41) is 4.58. The van der Waals surface area contributed by atoms with E-state index in [2.05, 4.69) is 15.2 Å². The molecular weight excluding hydrogens is 392 g/mol. The van der Waals surface area contributed by atoms with Crippen LogP contribution < -0.4 is 15.0 Å². The number of nitrogens with one attached hydrogen (secondary N) is 1. The predicted octanol–water partition coefficient (Wildman–Crippen LogP) is 4.30. The van der Waals surface area contributed by atoms with Gasteiger partial charge in [-0.2, -0.15) is 0 Å². The molecule has 3 heterocycles. The van der Waals surface area contributed by atoms with Gasteiger partial charge in [-0.15, -0.1) is 0 Å². The number of rotatable bonds is 4. The number of hydrogen-bond acceptors (Lipinski definition) is 7. The van der Waals surface area contributed by atoms with Crippen molar-refractivity contribution in [2.24, 2.45) is 5.92 Å². The van der Waals surface area contributed by atoms with Crippen molar-refractivity contribution in [2.75, 3.05) is 30.4 Å². The van der Waals surface area contributed by atoms with Crippen molar-refractivity contribution in [2.45, 2.75) is 6.92 Å². The smallest absolute Gasteiger partial charge is 0.232 e. The summed E-state index contributed by atoms with van der Waals surface area (Å²) in [7, 11) is 1.65. The maximum atomic E-state index is 12.6. The Morgan fingerprint density at radius 1 is 1.11 bits per heavy atom. The second-order valence-corrected chi connectivity index (χ2v) is 8.88. The summed E-state index contributed by atoms with van der Waals surface area (Å²) >= 11 is 3.14. The van der Waals surface area contributed by atoms with Gasteiger partial charge in [0.05, 0.1) is 27.9 Å². The number of hydrogen-bond donors (Lipinski definition) is 1. The highest BCUT2D eigenvalue weighted by Gasteiger charge is 2.35. The summed E-state index contributed by atoms with van der Waals surface area (Å²) in [6.45, 7) is 3.36. The van der Waals surface area contributed by atoms with E-state index in [1.807, 2.05) is 43.3 Å². The molecular formula is C20H18N4O2S2. The highest BCUT2D eigenvalue weighted by atomic mass is 32.1. The Labute approximate surface area is 169 Å². The molecule has 4 aromatic rings. The number of ether oxygens (including phenoxy) is 1. The Morgan fingerprint density at radius 2 is 1.86 bits per heavy atom. The summed E-state index contributed by atoms with van der Waals surface area (Å²) in [4.78, 5) is 24.0. The normalized spacial score (nSPS) is 14.4. The number of nitrogens with zero attached hydrogens (tertiary/aromatic N) is 3. The summed E-state index contributed by atoms with van der Waals surface area (Å²) < 4.78 is 7.57. The number of thiazole rings is 2. The largest absolute Gasteiger partial charge is 0.494 e. The maximum Gasteiger partial charge on any atom is 0.232 e. The number of carbonyl (C=O) groups is 1. The van der Waals surface area contributed by atoms with Crippen molar-refractivity contribution in [3.63, 3.8) is 0 Å². The van der Waals surface area contributed by atoms with E-state index in [4.69, 9.17) is 9.72 Å². The molecule has 142 valence electrons. The number of anilines is 2. The first kappa shape index (κ1) is 17.4. The van der Waals surface area contributed by atoms with Crippen LogP contribution in [0.5, 0.6) is 5.75 Å². The number of amides is 1. The molecule has 0 aliphatic carbocycles. The molecule has 0 bridgehead atoms. The number of carbonyl (C=O) groups excluding carboxylic acids is 1. The molecule has 0 saturated carbocycles. The van der Waals surface area contributed by atoms with Gasteiger partial charge in [-0.25, -0.2) is 9.97 Å². The van der Waals surface area contributed by atoms with E-state index in [-0.39, 0.29) is 11.8 Å². The first-order valence-corrected chi connectivity index (χ1v) is 10.6. The van der Waals surface area contributed by atoms with Gasteiger partial charge in [-0.3, -0.25) is 4.79 Å². The van der Waals surface area contributed by atoms with Crippen LogP contribution in [0.2, 0.25) is 0 Å². The summed E-state index contributed by atoms with van der Waals surface area (Å²) in [5.74, 6) is 0.745. The van der Waals surface area contributed by atoms with Crippen LogP contribution in [0.3, 0.4) is 0 Å². The number of para-hydroxylation sites is 2. The Kier molecular flexibility index (Phi) is 4.17. The molecule has 8 heteroatoms. The standard InChI is InChI=1S/C20H18N4O2S2/c1-11-5-3-7-14-16(11)21-19(27-14)23-18(25)12-9-24(10-12)20-22-17-13(26-2)6-4-8-15(17)28-20/h3-8,12H,9-10H2,1-2H3,(H,21,23,25). The second-order valence-electron chi connectivity index (χ2n) is 6.84. The van der Waals surface area contributed by atoms with Gasteiger partial charge >= 0.3 is 0 Å². The average Bonchev–Trinajstić information content (AvgIpc) is 3.24. The molecule has 1 aliphatic heterocycles. The minimum absolute atomic E-state index is 0.0200. The van der Waals surface area contributed by atoms with Gasteiger partial charge in [0, 0.05) is 13.1 Å². The zero-order valence-corrected chi connectivity index (χ0v) is 17.1. The van der Waals surface area contributed by atoms with Crippen LogP contribution in [0.1, 0.15) is 5.56 Å². The van der Waals surface area contributed by atoms with Gasteiger partial charge in [0.15, 0.2) is 10.3 Å². The van der Waals surface area contributed by atoms with Gasteiger partial charge in [0.2, 0.25) is 5.91 Å². The average molecular weight is 411 g/mol. The van der Waals surface area contributed by atoms with E-state index in [9.17, 15) is 4.79 Å².